The van der Waals surface area contributed by atoms with Gasteiger partial charge in [0.25, 0.3) is 5.91 Å². The minimum Gasteiger partial charge on any atom is -0.452 e. The number of benzene rings is 3. The minimum atomic E-state index is -3.85. The van der Waals surface area contributed by atoms with E-state index in [1.807, 2.05) is 49.4 Å². The molecule has 1 unspecified atom stereocenters. The number of sulfonamides is 1. The molecule has 0 aliphatic rings. The van der Waals surface area contributed by atoms with Gasteiger partial charge in [-0.1, -0.05) is 54.5 Å². The van der Waals surface area contributed by atoms with Gasteiger partial charge in [0, 0.05) is 0 Å². The number of fused-ring (bicyclic) bond motifs is 1. The fourth-order valence-electron chi connectivity index (χ4n) is 3.21. The van der Waals surface area contributed by atoms with Gasteiger partial charge >= 0.3 is 5.97 Å². The van der Waals surface area contributed by atoms with Crippen molar-refractivity contribution in [2.75, 3.05) is 13.2 Å². The molecule has 3 rings (SSSR count). The molecule has 0 heterocycles. The van der Waals surface area contributed by atoms with Crippen LogP contribution in [0.2, 0.25) is 0 Å². The topological polar surface area (TPSA) is 102 Å². The third-order valence-corrected chi connectivity index (χ3v) is 6.14. The Labute approximate surface area is 186 Å². The summed E-state index contributed by atoms with van der Waals surface area (Å²) in [6, 6.07) is 18.7. The lowest BCUT2D eigenvalue weighted by Gasteiger charge is -2.16. The zero-order valence-corrected chi connectivity index (χ0v) is 18.2. The summed E-state index contributed by atoms with van der Waals surface area (Å²) in [6.07, 6.45) is 5.07. The van der Waals surface area contributed by atoms with Crippen LogP contribution in [-0.4, -0.2) is 33.4 Å². The van der Waals surface area contributed by atoms with E-state index in [1.54, 1.807) is 0 Å². The molecular weight excluding hydrogens is 428 g/mol. The summed E-state index contributed by atoms with van der Waals surface area (Å²) in [5, 5.41) is 4.90. The molecule has 0 radical (unpaired) electrons. The SMILES string of the molecule is C#CCNS(=O)(=O)c1cccc(C(=O)OCC(=O)NC(C)c2cccc3ccccc23)c1. The maximum atomic E-state index is 12.3. The third-order valence-electron chi connectivity index (χ3n) is 4.75. The number of rotatable bonds is 8. The normalized spacial score (nSPS) is 12.0. The van der Waals surface area contributed by atoms with Crippen molar-refractivity contribution in [1.29, 1.82) is 0 Å². The van der Waals surface area contributed by atoms with E-state index in [-0.39, 0.29) is 23.0 Å². The molecule has 32 heavy (non-hydrogen) atoms. The van der Waals surface area contributed by atoms with Crippen LogP contribution < -0.4 is 10.0 Å². The molecule has 7 nitrogen and oxygen atoms in total. The number of ether oxygens (including phenoxy) is 1. The lowest BCUT2D eigenvalue weighted by Crippen LogP contribution is -2.31. The molecule has 0 spiro atoms. The molecule has 0 bridgehead atoms. The average molecular weight is 451 g/mol. The Balaban J connectivity index is 1.62. The molecule has 0 aromatic heterocycles. The first kappa shape index (κ1) is 23.0. The zero-order valence-electron chi connectivity index (χ0n) is 17.4. The van der Waals surface area contributed by atoms with E-state index in [2.05, 4.69) is 16.0 Å². The fraction of sp³-hybridized carbons (Fsp3) is 0.167. The smallest absolute Gasteiger partial charge is 0.338 e. The highest BCUT2D eigenvalue weighted by Gasteiger charge is 2.18. The fourth-order valence-corrected chi connectivity index (χ4v) is 4.19. The third kappa shape index (κ3) is 5.52. The van der Waals surface area contributed by atoms with Crippen LogP contribution >= 0.6 is 0 Å². The van der Waals surface area contributed by atoms with Crippen molar-refractivity contribution in [3.8, 4) is 12.3 Å². The largest absolute Gasteiger partial charge is 0.452 e. The van der Waals surface area contributed by atoms with Gasteiger partial charge in [-0.15, -0.1) is 6.42 Å². The molecule has 0 saturated heterocycles. The second-order valence-electron chi connectivity index (χ2n) is 6.99. The predicted octanol–water partition coefficient (Wildman–Crippen LogP) is 2.79. The molecule has 1 amide bonds. The summed E-state index contributed by atoms with van der Waals surface area (Å²) in [4.78, 5) is 24.5. The molecule has 0 aliphatic carbocycles. The molecule has 164 valence electrons. The quantitative estimate of drug-likeness (QED) is 0.406. The van der Waals surface area contributed by atoms with Gasteiger partial charge in [-0.05, 0) is 41.5 Å². The van der Waals surface area contributed by atoms with Gasteiger partial charge in [-0.2, -0.15) is 4.72 Å². The monoisotopic (exact) mass is 450 g/mol. The number of hydrogen-bond donors (Lipinski definition) is 2. The highest BCUT2D eigenvalue weighted by Crippen LogP contribution is 2.24. The lowest BCUT2D eigenvalue weighted by atomic mass is 10.00. The zero-order chi connectivity index (χ0) is 23.1. The number of amides is 1. The number of hydrogen-bond acceptors (Lipinski definition) is 5. The maximum Gasteiger partial charge on any atom is 0.338 e. The van der Waals surface area contributed by atoms with Crippen LogP contribution in [0.3, 0.4) is 0 Å². The van der Waals surface area contributed by atoms with E-state index in [9.17, 15) is 18.0 Å². The van der Waals surface area contributed by atoms with Crippen molar-refractivity contribution in [3.05, 3.63) is 77.9 Å². The van der Waals surface area contributed by atoms with Gasteiger partial charge in [-0.25, -0.2) is 13.2 Å². The molecule has 0 aliphatic heterocycles. The van der Waals surface area contributed by atoms with E-state index in [1.165, 1.54) is 18.2 Å². The Morgan fingerprint density at radius 2 is 1.78 bits per heavy atom. The van der Waals surface area contributed by atoms with E-state index in [0.29, 0.717) is 0 Å². The highest BCUT2D eigenvalue weighted by molar-refractivity contribution is 7.89. The van der Waals surface area contributed by atoms with Crippen LogP contribution in [0, 0.1) is 12.3 Å². The first-order valence-corrected chi connectivity index (χ1v) is 11.3. The van der Waals surface area contributed by atoms with Crippen LogP contribution in [0.25, 0.3) is 10.8 Å². The molecule has 1 atom stereocenters. The van der Waals surface area contributed by atoms with Gasteiger partial charge < -0.3 is 10.1 Å². The minimum absolute atomic E-state index is 0.00323. The summed E-state index contributed by atoms with van der Waals surface area (Å²) in [6.45, 7) is 1.17. The summed E-state index contributed by atoms with van der Waals surface area (Å²) < 4.78 is 31.6. The average Bonchev–Trinajstić information content (AvgIpc) is 2.81. The Bertz CT molecular complexity index is 1290. The Kier molecular flexibility index (Phi) is 7.25. The summed E-state index contributed by atoms with van der Waals surface area (Å²) >= 11 is 0. The molecular formula is C24H22N2O5S. The van der Waals surface area contributed by atoms with Crippen LogP contribution in [-0.2, 0) is 19.6 Å². The van der Waals surface area contributed by atoms with Crippen molar-refractivity contribution in [2.24, 2.45) is 0 Å². The Morgan fingerprint density at radius 1 is 1.06 bits per heavy atom. The van der Waals surface area contributed by atoms with Crippen LogP contribution in [0.15, 0.2) is 71.6 Å². The summed E-state index contributed by atoms with van der Waals surface area (Å²) in [7, 11) is -3.85. The molecule has 0 fully saturated rings. The van der Waals surface area contributed by atoms with E-state index < -0.39 is 28.5 Å². The maximum absolute atomic E-state index is 12.3. The summed E-state index contributed by atoms with van der Waals surface area (Å²) in [5.74, 6) is 0.888. The first-order valence-electron chi connectivity index (χ1n) is 9.79. The van der Waals surface area contributed by atoms with Crippen molar-refractivity contribution in [1.82, 2.24) is 10.0 Å². The number of nitrogens with one attached hydrogen (secondary N) is 2. The second kappa shape index (κ2) is 10.1. The molecule has 3 aromatic rings. The molecule has 0 saturated carbocycles. The van der Waals surface area contributed by atoms with Gasteiger partial charge in [0.05, 0.1) is 23.0 Å². The molecule has 2 N–H and O–H groups in total. The van der Waals surface area contributed by atoms with E-state index in [0.717, 1.165) is 22.4 Å². The van der Waals surface area contributed by atoms with Crippen molar-refractivity contribution < 1.29 is 22.7 Å². The van der Waals surface area contributed by atoms with Crippen molar-refractivity contribution in [3.63, 3.8) is 0 Å². The van der Waals surface area contributed by atoms with Gasteiger partial charge in [-0.3, -0.25) is 4.79 Å². The van der Waals surface area contributed by atoms with Crippen LogP contribution in [0.5, 0.6) is 0 Å². The number of carbonyl (C=O) groups excluding carboxylic acids is 2. The predicted molar refractivity (Wildman–Crippen MR) is 121 cm³/mol. The number of terminal acetylenes is 1. The Morgan fingerprint density at radius 3 is 2.56 bits per heavy atom. The number of esters is 1. The van der Waals surface area contributed by atoms with Gasteiger partial charge in [0.1, 0.15) is 0 Å². The second-order valence-corrected chi connectivity index (χ2v) is 8.76. The molecule has 8 heteroatoms. The lowest BCUT2D eigenvalue weighted by molar-refractivity contribution is -0.124. The first-order chi connectivity index (χ1) is 15.3. The van der Waals surface area contributed by atoms with Gasteiger partial charge in [0.2, 0.25) is 10.0 Å². The molecule has 3 aromatic carbocycles. The highest BCUT2D eigenvalue weighted by atomic mass is 32.2. The Hall–Kier alpha value is -3.67. The van der Waals surface area contributed by atoms with Crippen molar-refractivity contribution >= 4 is 32.7 Å². The standard InChI is InChI=1S/C24H22N2O5S/c1-3-14-25-32(29,30)20-11-6-10-19(15-20)24(28)31-16-23(27)26-17(2)21-13-7-9-18-8-4-5-12-22(18)21/h1,4-13,15,17,25H,14,16H2,2H3,(H,26,27). The van der Waals surface area contributed by atoms with Crippen LogP contribution in [0.4, 0.5) is 0 Å². The van der Waals surface area contributed by atoms with E-state index in [4.69, 9.17) is 11.2 Å². The summed E-state index contributed by atoms with van der Waals surface area (Å²) in [5.41, 5.74) is 0.948. The number of carbonyl (C=O) groups is 2. The van der Waals surface area contributed by atoms with E-state index >= 15 is 0 Å². The van der Waals surface area contributed by atoms with Crippen LogP contribution in [0.1, 0.15) is 28.9 Å². The van der Waals surface area contributed by atoms with Gasteiger partial charge in [0.15, 0.2) is 6.61 Å². The van der Waals surface area contributed by atoms with Crippen molar-refractivity contribution in [2.45, 2.75) is 17.9 Å².